The topological polar surface area (TPSA) is 132 Å². The van der Waals surface area contributed by atoms with Gasteiger partial charge in [-0.25, -0.2) is 4.79 Å². The third-order valence-corrected chi connectivity index (χ3v) is 6.13. The van der Waals surface area contributed by atoms with Crippen LogP contribution in [-0.4, -0.2) is 23.9 Å². The molecule has 39 heavy (non-hydrogen) atoms. The van der Waals surface area contributed by atoms with Gasteiger partial charge in [-0.05, 0) is 92.0 Å². The van der Waals surface area contributed by atoms with E-state index < -0.39 is 40.0 Å². The minimum Gasteiger partial charge on any atom is -0.465 e. The van der Waals surface area contributed by atoms with Gasteiger partial charge in [0.1, 0.15) is 11.6 Å². The second kappa shape index (κ2) is 12.1. The Balaban J connectivity index is 1.86. The molecule has 0 saturated carbocycles. The van der Waals surface area contributed by atoms with Crippen molar-refractivity contribution in [2.24, 2.45) is 0 Å². The third-order valence-electron chi connectivity index (χ3n) is 4.96. The summed E-state index contributed by atoms with van der Waals surface area (Å²) in [5.41, 5.74) is -1.45. The molecule has 1 N–H and O–H groups in total. The van der Waals surface area contributed by atoms with Crippen molar-refractivity contribution in [3.8, 4) is 17.6 Å². The molecule has 0 aromatic heterocycles. The normalized spacial score (nSPS) is 11.4. The Labute approximate surface area is 235 Å². The molecule has 0 bridgehead atoms. The molecule has 9 nitrogen and oxygen atoms in total. The molecule has 14 heteroatoms. The van der Waals surface area contributed by atoms with Crippen molar-refractivity contribution >= 4 is 61.2 Å². The van der Waals surface area contributed by atoms with Crippen LogP contribution in [0.15, 0.2) is 69.1 Å². The summed E-state index contributed by atoms with van der Waals surface area (Å²) in [5, 5.41) is 23.4. The van der Waals surface area contributed by atoms with Gasteiger partial charge in [0.2, 0.25) is 5.75 Å². The predicted octanol–water partition coefficient (Wildman–Crippen LogP) is 7.26. The first kappa shape index (κ1) is 29.3. The minimum absolute atomic E-state index is 0.00339. The molecular formula is C25H14Br2F3N3O6. The minimum atomic E-state index is -4.78. The summed E-state index contributed by atoms with van der Waals surface area (Å²) in [7, 11) is 1.23. The number of alkyl halides is 3. The maximum Gasteiger partial charge on any atom is 0.416 e. The van der Waals surface area contributed by atoms with Gasteiger partial charge in [-0.2, -0.15) is 18.4 Å². The molecule has 0 spiro atoms. The SMILES string of the molecule is COC(=O)c1ccc(NC(=O)/C(C#N)=C/c2cc(Br)c(Oc3ccc(C(F)(F)F)cc3[N+](=O)[O-])c(Br)c2)cc1. The molecule has 3 rings (SSSR count). The van der Waals surface area contributed by atoms with Crippen LogP contribution < -0.4 is 10.1 Å². The summed E-state index contributed by atoms with van der Waals surface area (Å²) in [6.45, 7) is 0. The van der Waals surface area contributed by atoms with Crippen LogP contribution in [0.2, 0.25) is 0 Å². The van der Waals surface area contributed by atoms with E-state index in [-0.39, 0.29) is 25.8 Å². The number of nitrogens with zero attached hydrogens (tertiary/aromatic N) is 2. The summed E-state index contributed by atoms with van der Waals surface area (Å²) in [6, 6.07) is 12.3. The van der Waals surface area contributed by atoms with Gasteiger partial charge >= 0.3 is 17.8 Å². The van der Waals surface area contributed by atoms with Gasteiger partial charge in [0.25, 0.3) is 5.91 Å². The third kappa shape index (κ3) is 7.21. The van der Waals surface area contributed by atoms with E-state index >= 15 is 0 Å². The van der Waals surface area contributed by atoms with Crippen LogP contribution in [0.25, 0.3) is 6.08 Å². The van der Waals surface area contributed by atoms with E-state index in [4.69, 9.17) is 4.74 Å². The average molecular weight is 669 g/mol. The maximum absolute atomic E-state index is 13.0. The number of nitriles is 1. The molecular weight excluding hydrogens is 655 g/mol. The Morgan fingerprint density at radius 2 is 1.69 bits per heavy atom. The number of nitro groups is 1. The number of amides is 1. The standard InChI is InChI=1S/C25H14Br2F3N3O6/c1-38-24(35)14-2-5-17(6-3-14)32-23(34)15(12-31)8-13-9-18(26)22(19(27)10-13)39-21-7-4-16(25(28,29)30)11-20(21)33(36)37/h2-11H,1H3,(H,32,34)/b15-8+. The zero-order valence-corrected chi connectivity index (χ0v) is 22.7. The number of esters is 1. The lowest BCUT2D eigenvalue weighted by atomic mass is 10.1. The van der Waals surface area contributed by atoms with E-state index in [1.54, 1.807) is 6.07 Å². The molecule has 0 aliphatic heterocycles. The van der Waals surface area contributed by atoms with Crippen LogP contribution in [0.5, 0.6) is 11.5 Å². The van der Waals surface area contributed by atoms with E-state index in [1.165, 1.54) is 49.6 Å². The molecule has 0 aliphatic carbocycles. The number of rotatable bonds is 7. The van der Waals surface area contributed by atoms with E-state index in [9.17, 15) is 38.1 Å². The Hall–Kier alpha value is -4.22. The number of carbonyl (C=O) groups is 2. The van der Waals surface area contributed by atoms with E-state index in [0.717, 1.165) is 6.07 Å². The molecule has 200 valence electrons. The quantitative estimate of drug-likeness (QED) is 0.0921. The van der Waals surface area contributed by atoms with Crippen LogP contribution in [0, 0.1) is 21.4 Å². The fourth-order valence-electron chi connectivity index (χ4n) is 3.11. The highest BCUT2D eigenvalue weighted by Gasteiger charge is 2.33. The number of halogens is 5. The molecule has 0 unspecified atom stereocenters. The van der Waals surface area contributed by atoms with Crippen LogP contribution in [-0.2, 0) is 15.7 Å². The Kier molecular flexibility index (Phi) is 9.10. The van der Waals surface area contributed by atoms with Gasteiger partial charge in [0.15, 0.2) is 5.75 Å². The molecule has 1 amide bonds. The highest BCUT2D eigenvalue weighted by Crippen LogP contribution is 2.42. The smallest absolute Gasteiger partial charge is 0.416 e. The predicted molar refractivity (Wildman–Crippen MR) is 140 cm³/mol. The van der Waals surface area contributed by atoms with Crippen molar-refractivity contribution in [1.82, 2.24) is 0 Å². The summed E-state index contributed by atoms with van der Waals surface area (Å²) in [4.78, 5) is 34.5. The maximum atomic E-state index is 13.0. The van der Waals surface area contributed by atoms with E-state index in [2.05, 4.69) is 41.9 Å². The van der Waals surface area contributed by atoms with E-state index in [0.29, 0.717) is 23.4 Å². The lowest BCUT2D eigenvalue weighted by molar-refractivity contribution is -0.385. The van der Waals surface area contributed by atoms with Gasteiger partial charge in [-0.3, -0.25) is 14.9 Å². The number of anilines is 1. The highest BCUT2D eigenvalue weighted by atomic mass is 79.9. The first-order valence-electron chi connectivity index (χ1n) is 10.5. The Bertz CT molecular complexity index is 1510. The van der Waals surface area contributed by atoms with Gasteiger partial charge < -0.3 is 14.8 Å². The molecule has 3 aromatic rings. The van der Waals surface area contributed by atoms with Crippen molar-refractivity contribution in [3.63, 3.8) is 0 Å². The van der Waals surface area contributed by atoms with Gasteiger partial charge in [0, 0.05) is 11.8 Å². The van der Waals surface area contributed by atoms with Crippen molar-refractivity contribution in [2.45, 2.75) is 6.18 Å². The monoisotopic (exact) mass is 667 g/mol. The van der Waals surface area contributed by atoms with Crippen LogP contribution in [0.1, 0.15) is 21.5 Å². The molecule has 0 heterocycles. The molecule has 3 aromatic carbocycles. The van der Waals surface area contributed by atoms with Crippen LogP contribution in [0.3, 0.4) is 0 Å². The van der Waals surface area contributed by atoms with Crippen molar-refractivity contribution in [3.05, 3.63) is 95.9 Å². The lowest BCUT2D eigenvalue weighted by Gasteiger charge is -2.13. The molecule has 0 radical (unpaired) electrons. The Morgan fingerprint density at radius 1 is 1.08 bits per heavy atom. The number of hydrogen-bond acceptors (Lipinski definition) is 7. The van der Waals surface area contributed by atoms with Gasteiger partial charge in [0.05, 0.1) is 32.1 Å². The molecule has 0 atom stereocenters. The number of benzene rings is 3. The summed E-state index contributed by atoms with van der Waals surface area (Å²) >= 11 is 6.47. The second-order valence-corrected chi connectivity index (χ2v) is 9.25. The number of nitrogens with one attached hydrogen (secondary N) is 1. The van der Waals surface area contributed by atoms with Crippen molar-refractivity contribution < 1.29 is 37.2 Å². The number of carbonyl (C=O) groups excluding carboxylic acids is 2. The fourth-order valence-corrected chi connectivity index (χ4v) is 4.50. The zero-order valence-electron chi connectivity index (χ0n) is 19.5. The number of hydrogen-bond donors (Lipinski definition) is 1. The van der Waals surface area contributed by atoms with Gasteiger partial charge in [-0.15, -0.1) is 0 Å². The lowest BCUT2D eigenvalue weighted by Crippen LogP contribution is -2.13. The summed E-state index contributed by atoms with van der Waals surface area (Å²) in [5.74, 6) is -1.73. The van der Waals surface area contributed by atoms with Crippen LogP contribution in [0.4, 0.5) is 24.5 Å². The van der Waals surface area contributed by atoms with Crippen molar-refractivity contribution in [2.75, 3.05) is 12.4 Å². The molecule has 0 fully saturated rings. The summed E-state index contributed by atoms with van der Waals surface area (Å²) in [6.07, 6.45) is -3.52. The highest BCUT2D eigenvalue weighted by molar-refractivity contribution is 9.11. The summed E-state index contributed by atoms with van der Waals surface area (Å²) < 4.78 is 49.5. The van der Waals surface area contributed by atoms with Crippen molar-refractivity contribution in [1.29, 1.82) is 5.26 Å². The fraction of sp³-hybridized carbons (Fsp3) is 0.0800. The number of ether oxygens (including phenoxy) is 2. The average Bonchev–Trinajstić information content (AvgIpc) is 2.88. The first-order valence-corrected chi connectivity index (χ1v) is 12.1. The first-order chi connectivity index (χ1) is 18.3. The zero-order chi connectivity index (χ0) is 28.9. The molecule has 0 aliphatic rings. The number of methoxy groups -OCH3 is 1. The second-order valence-electron chi connectivity index (χ2n) is 7.55. The van der Waals surface area contributed by atoms with Crippen LogP contribution >= 0.6 is 31.9 Å². The Morgan fingerprint density at radius 3 is 2.21 bits per heavy atom. The van der Waals surface area contributed by atoms with E-state index in [1.807, 2.05) is 0 Å². The number of nitro benzene ring substituents is 1. The largest absolute Gasteiger partial charge is 0.465 e. The van der Waals surface area contributed by atoms with Gasteiger partial charge in [-0.1, -0.05) is 0 Å². The molecule has 0 saturated heterocycles.